The van der Waals surface area contributed by atoms with E-state index in [1.54, 1.807) is 37.5 Å². The van der Waals surface area contributed by atoms with E-state index >= 15 is 0 Å². The summed E-state index contributed by atoms with van der Waals surface area (Å²) >= 11 is 0. The molecule has 0 N–H and O–H groups in total. The molecule has 8 nitrogen and oxygen atoms in total. The van der Waals surface area contributed by atoms with Gasteiger partial charge in [-0.3, -0.25) is 4.79 Å². The van der Waals surface area contributed by atoms with Crippen molar-refractivity contribution in [2.45, 2.75) is 38.8 Å². The fraction of sp³-hybridized carbons (Fsp3) is 0.304. The van der Waals surface area contributed by atoms with Gasteiger partial charge < -0.3 is 14.0 Å². The normalized spacial score (nSPS) is 16.8. The molecule has 9 heteroatoms. The number of benzene rings is 2. The third-order valence-corrected chi connectivity index (χ3v) is 7.52. The fourth-order valence-corrected chi connectivity index (χ4v) is 5.65. The van der Waals surface area contributed by atoms with Crippen molar-refractivity contribution >= 4 is 32.9 Å². The van der Waals surface area contributed by atoms with E-state index in [4.69, 9.17) is 9.47 Å². The lowest BCUT2D eigenvalue weighted by Gasteiger charge is -2.28. The molecule has 1 aliphatic heterocycles. The first-order chi connectivity index (χ1) is 15.1. The van der Waals surface area contributed by atoms with E-state index in [2.05, 4.69) is 0 Å². The maximum atomic E-state index is 13.6. The number of ether oxygens (including phenoxy) is 2. The van der Waals surface area contributed by atoms with Crippen LogP contribution < -0.4 is 4.74 Å². The van der Waals surface area contributed by atoms with E-state index in [1.165, 1.54) is 12.1 Å². The number of fused-ring (bicyclic) bond motifs is 2. The van der Waals surface area contributed by atoms with Crippen LogP contribution in [0.15, 0.2) is 47.4 Å². The molecule has 2 aromatic carbocycles. The van der Waals surface area contributed by atoms with Crippen molar-refractivity contribution in [1.82, 2.24) is 8.87 Å². The highest BCUT2D eigenvalue weighted by Gasteiger charge is 2.39. The number of hydrogen-bond acceptors (Lipinski definition) is 6. The number of carbonyl (C=O) groups excluding carboxylic acids is 2. The number of nitrogens with zero attached hydrogens (tertiary/aromatic N) is 2. The van der Waals surface area contributed by atoms with Crippen LogP contribution >= 0.6 is 0 Å². The Morgan fingerprint density at radius 2 is 1.94 bits per heavy atom. The van der Waals surface area contributed by atoms with Gasteiger partial charge in [0, 0.05) is 5.39 Å². The number of aryl methyl sites for hydroxylation is 2. The van der Waals surface area contributed by atoms with Crippen LogP contribution in [0.5, 0.6) is 5.75 Å². The molecule has 0 saturated heterocycles. The van der Waals surface area contributed by atoms with E-state index in [1.807, 2.05) is 25.1 Å². The van der Waals surface area contributed by atoms with Gasteiger partial charge >= 0.3 is 11.9 Å². The topological polar surface area (TPSA) is 94.9 Å². The number of esters is 2. The van der Waals surface area contributed by atoms with Gasteiger partial charge in [0.15, 0.2) is 5.75 Å². The molecule has 0 saturated carbocycles. The van der Waals surface area contributed by atoms with Gasteiger partial charge in [-0.25, -0.2) is 13.2 Å². The fourth-order valence-electron chi connectivity index (χ4n) is 4.03. The average molecular weight is 457 g/mol. The number of aromatic nitrogens is 1. The van der Waals surface area contributed by atoms with Gasteiger partial charge in [0.1, 0.15) is 17.1 Å². The first kappa shape index (κ1) is 22.0. The molecular weight excluding hydrogens is 432 g/mol. The standard InChI is InChI=1S/C23H24N2O6S/c1-5-30-23(27)19-12-17-15(3)7-6-8-18(17)25(19)16(4)24-13-22(26)31-20-11-14(2)9-10-21(20)32(24,28)29/h6-12,16H,5,13H2,1-4H3. The van der Waals surface area contributed by atoms with Crippen LogP contribution in [-0.4, -0.2) is 42.4 Å². The molecule has 0 bridgehead atoms. The lowest BCUT2D eigenvalue weighted by molar-refractivity contribution is -0.135. The summed E-state index contributed by atoms with van der Waals surface area (Å²) in [6, 6.07) is 11.8. The summed E-state index contributed by atoms with van der Waals surface area (Å²) in [5, 5.41) is 0.799. The summed E-state index contributed by atoms with van der Waals surface area (Å²) in [4.78, 5) is 25.2. The van der Waals surface area contributed by atoms with Gasteiger partial charge in [0.2, 0.25) is 10.0 Å². The maximum absolute atomic E-state index is 13.6. The molecule has 4 rings (SSSR count). The summed E-state index contributed by atoms with van der Waals surface area (Å²) in [6.07, 6.45) is -0.904. The van der Waals surface area contributed by atoms with Crippen LogP contribution in [0.25, 0.3) is 10.9 Å². The number of hydrogen-bond donors (Lipinski definition) is 0. The monoisotopic (exact) mass is 456 g/mol. The van der Waals surface area contributed by atoms with E-state index in [9.17, 15) is 18.0 Å². The third-order valence-electron chi connectivity index (χ3n) is 5.57. The molecule has 0 spiro atoms. The van der Waals surface area contributed by atoms with E-state index < -0.39 is 34.7 Å². The van der Waals surface area contributed by atoms with Crippen molar-refractivity contribution in [3.8, 4) is 5.75 Å². The van der Waals surface area contributed by atoms with Crippen LogP contribution in [0.2, 0.25) is 0 Å². The van der Waals surface area contributed by atoms with Crippen molar-refractivity contribution in [3.63, 3.8) is 0 Å². The predicted octanol–water partition coefficient (Wildman–Crippen LogP) is 3.56. The third kappa shape index (κ3) is 3.57. The first-order valence-corrected chi connectivity index (χ1v) is 11.7. The van der Waals surface area contributed by atoms with Gasteiger partial charge in [-0.1, -0.05) is 18.2 Å². The van der Waals surface area contributed by atoms with Crippen LogP contribution in [0.4, 0.5) is 0 Å². The molecule has 0 fully saturated rings. The molecule has 2 heterocycles. The Labute approximate surface area is 186 Å². The molecule has 3 aromatic rings. The molecule has 1 aliphatic rings. The molecular formula is C23H24N2O6S. The number of sulfonamides is 1. The Hall–Kier alpha value is -3.17. The SMILES string of the molecule is CCOC(=O)c1cc2c(C)cccc2n1C(C)N1CC(=O)Oc2cc(C)ccc2S1(=O)=O. The minimum absolute atomic E-state index is 0.00326. The highest BCUT2D eigenvalue weighted by atomic mass is 32.2. The van der Waals surface area contributed by atoms with E-state index in [0.29, 0.717) is 5.52 Å². The zero-order valence-electron chi connectivity index (χ0n) is 18.3. The summed E-state index contributed by atoms with van der Waals surface area (Å²) < 4.78 is 40.4. The summed E-state index contributed by atoms with van der Waals surface area (Å²) in [7, 11) is -4.11. The van der Waals surface area contributed by atoms with Gasteiger partial charge in [-0.05, 0) is 63.1 Å². The van der Waals surface area contributed by atoms with Crippen molar-refractivity contribution in [3.05, 3.63) is 59.3 Å². The smallest absolute Gasteiger partial charge is 0.355 e. The Kier molecular flexibility index (Phi) is 5.56. The quantitative estimate of drug-likeness (QED) is 0.440. The van der Waals surface area contributed by atoms with E-state index in [-0.39, 0.29) is 22.9 Å². The number of rotatable bonds is 4. The average Bonchev–Trinajstić information content (AvgIpc) is 3.08. The second-order valence-electron chi connectivity index (χ2n) is 7.73. The minimum atomic E-state index is -4.11. The summed E-state index contributed by atoms with van der Waals surface area (Å²) in [5.74, 6) is -1.26. The van der Waals surface area contributed by atoms with Crippen LogP contribution in [-0.2, 0) is 19.6 Å². The largest absolute Gasteiger partial charge is 0.461 e. The molecule has 168 valence electrons. The molecule has 0 radical (unpaired) electrons. The maximum Gasteiger partial charge on any atom is 0.355 e. The highest BCUT2D eigenvalue weighted by Crippen LogP contribution is 2.36. The van der Waals surface area contributed by atoms with E-state index in [0.717, 1.165) is 20.8 Å². The van der Waals surface area contributed by atoms with Crippen LogP contribution in [0.1, 0.15) is 41.6 Å². The summed E-state index contributed by atoms with van der Waals surface area (Å²) in [5.41, 5.74) is 2.57. The van der Waals surface area contributed by atoms with Gasteiger partial charge in [0.25, 0.3) is 0 Å². The van der Waals surface area contributed by atoms with Crippen molar-refractivity contribution in [2.24, 2.45) is 0 Å². The van der Waals surface area contributed by atoms with Crippen molar-refractivity contribution < 1.29 is 27.5 Å². The minimum Gasteiger partial charge on any atom is -0.461 e. The Balaban J connectivity index is 1.92. The lowest BCUT2D eigenvalue weighted by Crippen LogP contribution is -2.40. The van der Waals surface area contributed by atoms with Crippen molar-refractivity contribution in [2.75, 3.05) is 13.2 Å². The highest BCUT2D eigenvalue weighted by molar-refractivity contribution is 7.89. The molecule has 1 unspecified atom stereocenters. The molecule has 1 aromatic heterocycles. The second-order valence-corrected chi connectivity index (χ2v) is 9.59. The molecule has 0 aliphatic carbocycles. The summed E-state index contributed by atoms with van der Waals surface area (Å²) in [6.45, 7) is 6.71. The van der Waals surface area contributed by atoms with Crippen LogP contribution in [0, 0.1) is 13.8 Å². The predicted molar refractivity (Wildman–Crippen MR) is 118 cm³/mol. The number of carbonyl (C=O) groups is 2. The molecule has 32 heavy (non-hydrogen) atoms. The lowest BCUT2D eigenvalue weighted by atomic mass is 10.1. The van der Waals surface area contributed by atoms with Crippen molar-refractivity contribution in [1.29, 1.82) is 0 Å². The molecule has 1 atom stereocenters. The zero-order valence-corrected chi connectivity index (χ0v) is 19.1. The van der Waals surface area contributed by atoms with Crippen LogP contribution in [0.3, 0.4) is 0 Å². The second kappa shape index (κ2) is 8.07. The van der Waals surface area contributed by atoms with Gasteiger partial charge in [0.05, 0.1) is 18.3 Å². The molecule has 0 amide bonds. The van der Waals surface area contributed by atoms with Gasteiger partial charge in [-0.2, -0.15) is 4.31 Å². The Morgan fingerprint density at radius 3 is 2.66 bits per heavy atom. The Bertz CT molecular complexity index is 1340. The zero-order chi connectivity index (χ0) is 23.2. The van der Waals surface area contributed by atoms with Gasteiger partial charge in [-0.15, -0.1) is 0 Å². The Morgan fingerprint density at radius 1 is 1.19 bits per heavy atom. The first-order valence-electron chi connectivity index (χ1n) is 10.3.